The molecule has 0 unspecified atom stereocenters. The van der Waals surface area contributed by atoms with Crippen molar-refractivity contribution in [1.82, 2.24) is 9.97 Å². The van der Waals surface area contributed by atoms with Crippen LogP contribution in [0.3, 0.4) is 0 Å². The summed E-state index contributed by atoms with van der Waals surface area (Å²) in [5, 5.41) is 0. The second kappa shape index (κ2) is 4.44. The van der Waals surface area contributed by atoms with Crippen molar-refractivity contribution in [3.63, 3.8) is 0 Å². The van der Waals surface area contributed by atoms with Gasteiger partial charge in [0.25, 0.3) is 0 Å². The highest BCUT2D eigenvalue weighted by Gasteiger charge is 2.03. The molecule has 2 aromatic rings. The number of rotatable bonds is 2. The molecule has 1 heterocycles. The minimum absolute atomic E-state index is 0.107. The highest BCUT2D eigenvalue weighted by atomic mass is 79.9. The van der Waals surface area contributed by atoms with Crippen molar-refractivity contribution in [3.05, 3.63) is 40.8 Å². The summed E-state index contributed by atoms with van der Waals surface area (Å²) in [6.45, 7) is 0. The summed E-state index contributed by atoms with van der Waals surface area (Å²) in [7, 11) is 0. The van der Waals surface area contributed by atoms with E-state index in [0.717, 1.165) is 0 Å². The van der Waals surface area contributed by atoms with Crippen LogP contribution < -0.4 is 10.5 Å². The highest BCUT2D eigenvalue weighted by molar-refractivity contribution is 9.10. The van der Waals surface area contributed by atoms with Gasteiger partial charge in [0.1, 0.15) is 11.6 Å². The van der Waals surface area contributed by atoms with E-state index in [-0.39, 0.29) is 11.8 Å². The highest BCUT2D eigenvalue weighted by Crippen LogP contribution is 2.24. The molecule has 0 amide bonds. The molecular formula is C10H7BrFN3O. The molecule has 0 spiro atoms. The first kappa shape index (κ1) is 10.8. The maximum atomic E-state index is 13.2. The Hall–Kier alpha value is -1.69. The Bertz CT molecular complexity index is 521. The van der Waals surface area contributed by atoms with E-state index in [2.05, 4.69) is 25.9 Å². The topological polar surface area (TPSA) is 61.0 Å². The van der Waals surface area contributed by atoms with E-state index >= 15 is 0 Å². The normalized spacial score (nSPS) is 10.1. The molecule has 6 heteroatoms. The van der Waals surface area contributed by atoms with Crippen LogP contribution in [-0.2, 0) is 0 Å². The number of benzene rings is 1. The number of nitrogens with two attached hydrogens (primary N) is 1. The van der Waals surface area contributed by atoms with Crippen LogP contribution in [0.1, 0.15) is 0 Å². The number of ether oxygens (including phenoxy) is 1. The number of aromatic nitrogens is 2. The third-order valence-corrected chi connectivity index (χ3v) is 2.41. The van der Waals surface area contributed by atoms with Gasteiger partial charge < -0.3 is 10.5 Å². The largest absolute Gasteiger partial charge is 0.439 e. The molecule has 0 saturated carbocycles. The van der Waals surface area contributed by atoms with E-state index in [1.807, 2.05) is 0 Å². The van der Waals surface area contributed by atoms with Crippen LogP contribution in [0.4, 0.5) is 10.3 Å². The molecule has 82 valence electrons. The van der Waals surface area contributed by atoms with Crippen LogP contribution in [-0.4, -0.2) is 9.97 Å². The van der Waals surface area contributed by atoms with E-state index in [0.29, 0.717) is 10.2 Å². The lowest BCUT2D eigenvalue weighted by Gasteiger charge is -2.05. The molecule has 4 nitrogen and oxygen atoms in total. The molecule has 1 aromatic carbocycles. The van der Waals surface area contributed by atoms with Crippen LogP contribution in [0, 0.1) is 5.82 Å². The van der Waals surface area contributed by atoms with Crippen LogP contribution in [0.25, 0.3) is 0 Å². The first-order valence-corrected chi connectivity index (χ1v) is 5.16. The molecule has 2 rings (SSSR count). The van der Waals surface area contributed by atoms with E-state index in [1.54, 1.807) is 12.1 Å². The van der Waals surface area contributed by atoms with Crippen molar-refractivity contribution < 1.29 is 9.13 Å². The average molecular weight is 284 g/mol. The van der Waals surface area contributed by atoms with Gasteiger partial charge in [0.2, 0.25) is 11.8 Å². The Morgan fingerprint density at radius 1 is 1.31 bits per heavy atom. The number of anilines is 1. The monoisotopic (exact) mass is 283 g/mol. The van der Waals surface area contributed by atoms with Crippen molar-refractivity contribution >= 4 is 21.9 Å². The summed E-state index contributed by atoms with van der Waals surface area (Å²) >= 11 is 3.05. The summed E-state index contributed by atoms with van der Waals surface area (Å²) in [5.74, 6) is 0.322. The van der Waals surface area contributed by atoms with Crippen molar-refractivity contribution in [2.24, 2.45) is 0 Å². The molecular weight excluding hydrogens is 277 g/mol. The third-order valence-electron chi connectivity index (χ3n) is 1.76. The van der Waals surface area contributed by atoms with Gasteiger partial charge in [-0.1, -0.05) is 0 Å². The molecule has 0 bridgehead atoms. The first-order valence-electron chi connectivity index (χ1n) is 4.36. The van der Waals surface area contributed by atoms with Crippen LogP contribution >= 0.6 is 15.9 Å². The van der Waals surface area contributed by atoms with Crippen LogP contribution in [0.5, 0.6) is 11.6 Å². The van der Waals surface area contributed by atoms with Gasteiger partial charge in [0.05, 0.1) is 4.47 Å². The predicted molar refractivity (Wildman–Crippen MR) is 60.6 cm³/mol. The van der Waals surface area contributed by atoms with Crippen molar-refractivity contribution in [3.8, 4) is 11.6 Å². The fourth-order valence-corrected chi connectivity index (χ4v) is 1.32. The number of halogens is 2. The molecule has 16 heavy (non-hydrogen) atoms. The van der Waals surface area contributed by atoms with Crippen LogP contribution in [0.15, 0.2) is 34.9 Å². The van der Waals surface area contributed by atoms with E-state index in [4.69, 9.17) is 10.5 Å². The van der Waals surface area contributed by atoms with Gasteiger partial charge in [-0.2, -0.15) is 4.98 Å². The van der Waals surface area contributed by atoms with Gasteiger partial charge in [-0.05, 0) is 28.1 Å². The lowest BCUT2D eigenvalue weighted by atomic mass is 10.3. The zero-order chi connectivity index (χ0) is 11.5. The molecule has 2 N–H and O–H groups in total. The molecule has 0 atom stereocenters. The molecule has 0 aliphatic carbocycles. The van der Waals surface area contributed by atoms with Gasteiger partial charge in [-0.25, -0.2) is 9.37 Å². The lowest BCUT2D eigenvalue weighted by Crippen LogP contribution is -1.96. The number of nitrogens with zero attached hydrogens (tertiary/aromatic N) is 2. The maximum absolute atomic E-state index is 13.2. The molecule has 0 saturated heterocycles. The summed E-state index contributed by atoms with van der Waals surface area (Å²) in [6, 6.07) is 5.96. The van der Waals surface area contributed by atoms with Gasteiger partial charge in [-0.3, -0.25) is 0 Å². The number of hydrogen-bond acceptors (Lipinski definition) is 4. The van der Waals surface area contributed by atoms with Gasteiger partial charge in [0.15, 0.2) is 0 Å². The maximum Gasteiger partial charge on any atom is 0.224 e. The second-order valence-corrected chi connectivity index (χ2v) is 3.79. The van der Waals surface area contributed by atoms with Gasteiger partial charge >= 0.3 is 0 Å². The molecule has 0 aliphatic heterocycles. The minimum Gasteiger partial charge on any atom is -0.439 e. The SMILES string of the molecule is Nc1nccc(Oc2ccc(Br)c(F)c2)n1. The summed E-state index contributed by atoms with van der Waals surface area (Å²) in [5.41, 5.74) is 5.38. The van der Waals surface area contributed by atoms with Crippen molar-refractivity contribution in [2.45, 2.75) is 0 Å². The zero-order valence-corrected chi connectivity index (χ0v) is 9.61. The van der Waals surface area contributed by atoms with E-state index in [1.165, 1.54) is 18.3 Å². The molecule has 0 fully saturated rings. The third kappa shape index (κ3) is 2.46. The standard InChI is InChI=1S/C10H7BrFN3O/c11-7-2-1-6(5-8(7)12)16-9-3-4-14-10(13)15-9/h1-5H,(H2,13,14,15). The average Bonchev–Trinajstić information content (AvgIpc) is 2.24. The van der Waals surface area contributed by atoms with Gasteiger partial charge in [-0.15, -0.1) is 0 Å². The van der Waals surface area contributed by atoms with Crippen LogP contribution in [0.2, 0.25) is 0 Å². The fourth-order valence-electron chi connectivity index (χ4n) is 1.07. The number of nitrogen functional groups attached to an aromatic ring is 1. The minimum atomic E-state index is -0.403. The zero-order valence-electron chi connectivity index (χ0n) is 8.02. The second-order valence-electron chi connectivity index (χ2n) is 2.93. The predicted octanol–water partition coefficient (Wildman–Crippen LogP) is 2.75. The molecule has 0 radical (unpaired) electrons. The Kier molecular flexibility index (Phi) is 3.00. The van der Waals surface area contributed by atoms with E-state index < -0.39 is 5.82 Å². The lowest BCUT2D eigenvalue weighted by molar-refractivity contribution is 0.457. The summed E-state index contributed by atoms with van der Waals surface area (Å²) in [4.78, 5) is 7.55. The summed E-state index contributed by atoms with van der Waals surface area (Å²) < 4.78 is 18.9. The molecule has 1 aromatic heterocycles. The Labute approximate surface area is 99.4 Å². The molecule has 0 aliphatic rings. The van der Waals surface area contributed by atoms with Crippen molar-refractivity contribution in [1.29, 1.82) is 0 Å². The van der Waals surface area contributed by atoms with E-state index in [9.17, 15) is 4.39 Å². The Balaban J connectivity index is 2.24. The smallest absolute Gasteiger partial charge is 0.224 e. The summed E-state index contributed by atoms with van der Waals surface area (Å²) in [6.07, 6.45) is 1.47. The quantitative estimate of drug-likeness (QED) is 0.921. The number of hydrogen-bond donors (Lipinski definition) is 1. The first-order chi connectivity index (χ1) is 7.65. The fraction of sp³-hybridized carbons (Fsp3) is 0. The Morgan fingerprint density at radius 3 is 2.81 bits per heavy atom. The Morgan fingerprint density at radius 2 is 2.12 bits per heavy atom. The van der Waals surface area contributed by atoms with Crippen molar-refractivity contribution in [2.75, 3.05) is 5.73 Å². The van der Waals surface area contributed by atoms with Gasteiger partial charge in [0, 0.05) is 18.3 Å².